The number of aromatic nitrogens is 4. The molecule has 1 N–H and O–H groups in total. The number of carbonyl (C=O) groups is 1. The van der Waals surface area contributed by atoms with Crippen molar-refractivity contribution < 1.29 is 14.3 Å². The molecule has 0 spiro atoms. The second-order valence-corrected chi connectivity index (χ2v) is 7.06. The summed E-state index contributed by atoms with van der Waals surface area (Å²) in [6.45, 7) is -0.197. The zero-order valence-electron chi connectivity index (χ0n) is 15.9. The summed E-state index contributed by atoms with van der Waals surface area (Å²) in [6, 6.07) is 16.8. The lowest BCUT2D eigenvalue weighted by Crippen LogP contribution is -2.20. The van der Waals surface area contributed by atoms with E-state index in [1.165, 1.54) is 0 Å². The lowest BCUT2D eigenvalue weighted by atomic mass is 10.3. The molecule has 4 rings (SSSR count). The van der Waals surface area contributed by atoms with Crippen molar-refractivity contribution >= 4 is 34.8 Å². The molecule has 10 heteroatoms. The van der Waals surface area contributed by atoms with Crippen molar-refractivity contribution in [3.05, 3.63) is 83.1 Å². The van der Waals surface area contributed by atoms with Crippen LogP contribution in [-0.4, -0.2) is 32.5 Å². The van der Waals surface area contributed by atoms with Crippen molar-refractivity contribution in [3.63, 3.8) is 0 Å². The molecule has 1 amide bonds. The van der Waals surface area contributed by atoms with Gasteiger partial charge in [0.25, 0.3) is 5.91 Å². The van der Waals surface area contributed by atoms with Crippen LogP contribution in [0.5, 0.6) is 17.4 Å². The Morgan fingerprint density at radius 1 is 1.03 bits per heavy atom. The average molecular weight is 456 g/mol. The predicted octanol–water partition coefficient (Wildman–Crippen LogP) is 4.78. The number of anilines is 1. The van der Waals surface area contributed by atoms with E-state index in [4.69, 9.17) is 32.7 Å². The fraction of sp³-hybridized carbons (Fsp3) is 0.0476. The lowest BCUT2D eigenvalue weighted by molar-refractivity contribution is -0.118. The van der Waals surface area contributed by atoms with Crippen LogP contribution >= 0.6 is 23.2 Å². The Hall–Kier alpha value is -3.62. The number of halogens is 2. The molecule has 0 unspecified atom stereocenters. The second-order valence-electron chi connectivity index (χ2n) is 6.22. The summed E-state index contributed by atoms with van der Waals surface area (Å²) in [6.07, 6.45) is 3.43. The van der Waals surface area contributed by atoms with Gasteiger partial charge >= 0.3 is 0 Å². The van der Waals surface area contributed by atoms with E-state index in [0.717, 1.165) is 0 Å². The monoisotopic (exact) mass is 455 g/mol. The largest absolute Gasteiger partial charge is 0.482 e. The quantitative estimate of drug-likeness (QED) is 0.431. The number of hydrogen-bond acceptors (Lipinski definition) is 6. The summed E-state index contributed by atoms with van der Waals surface area (Å²) in [5, 5.41) is 15.7. The van der Waals surface area contributed by atoms with Crippen molar-refractivity contribution in [2.75, 3.05) is 11.9 Å². The van der Waals surface area contributed by atoms with E-state index in [2.05, 4.69) is 20.6 Å². The Kier molecular flexibility index (Phi) is 6.30. The number of nitrogens with zero attached hydrogens (tertiary/aromatic N) is 4. The molecule has 0 fully saturated rings. The maximum absolute atomic E-state index is 12.1. The first kappa shape index (κ1) is 20.6. The highest BCUT2D eigenvalue weighted by molar-refractivity contribution is 6.35. The summed E-state index contributed by atoms with van der Waals surface area (Å²) < 4.78 is 12.7. The van der Waals surface area contributed by atoms with Gasteiger partial charge in [0, 0.05) is 29.2 Å². The molecule has 0 atom stereocenters. The zero-order valence-corrected chi connectivity index (χ0v) is 17.4. The first-order chi connectivity index (χ1) is 15.1. The van der Waals surface area contributed by atoms with Crippen molar-refractivity contribution in [2.24, 2.45) is 0 Å². The third kappa shape index (κ3) is 5.50. The molecule has 0 aliphatic rings. The van der Waals surface area contributed by atoms with E-state index in [9.17, 15) is 4.79 Å². The molecule has 0 bridgehead atoms. The standard InChI is InChI=1S/C21H15Cl2N5O3/c22-14-2-7-18(17(23)12-14)30-13-20(29)25-15-3-5-16(6-4-15)31-21-9-8-19(26-27-21)28-11-1-10-24-28/h1-12H,13H2,(H,25,29). The van der Waals surface area contributed by atoms with Gasteiger partial charge in [0.15, 0.2) is 12.4 Å². The summed E-state index contributed by atoms with van der Waals surface area (Å²) in [7, 11) is 0. The number of ether oxygens (including phenoxy) is 2. The Bertz CT molecular complexity index is 1170. The summed E-state index contributed by atoms with van der Waals surface area (Å²) in [5.74, 6) is 1.51. The Morgan fingerprint density at radius 2 is 1.87 bits per heavy atom. The highest BCUT2D eigenvalue weighted by Gasteiger charge is 2.08. The summed E-state index contributed by atoms with van der Waals surface area (Å²) in [5.41, 5.74) is 0.586. The van der Waals surface area contributed by atoms with Crippen LogP contribution in [0.2, 0.25) is 10.0 Å². The van der Waals surface area contributed by atoms with Crippen molar-refractivity contribution in [3.8, 4) is 23.2 Å². The Labute approximate surface area is 187 Å². The van der Waals surface area contributed by atoms with E-state index in [0.29, 0.717) is 38.9 Å². The predicted molar refractivity (Wildman–Crippen MR) is 116 cm³/mol. The maximum atomic E-state index is 12.1. The van der Waals surface area contributed by atoms with E-state index in [1.807, 2.05) is 0 Å². The lowest BCUT2D eigenvalue weighted by Gasteiger charge is -2.10. The van der Waals surface area contributed by atoms with Crippen molar-refractivity contribution in [1.82, 2.24) is 20.0 Å². The first-order valence-corrected chi connectivity index (χ1v) is 9.82. The second kappa shape index (κ2) is 9.46. The number of benzene rings is 2. The highest BCUT2D eigenvalue weighted by Crippen LogP contribution is 2.27. The highest BCUT2D eigenvalue weighted by atomic mass is 35.5. The van der Waals surface area contributed by atoms with Gasteiger partial charge in [-0.25, -0.2) is 4.68 Å². The van der Waals surface area contributed by atoms with Gasteiger partial charge in [0.2, 0.25) is 5.88 Å². The molecule has 0 radical (unpaired) electrons. The van der Waals surface area contributed by atoms with Gasteiger partial charge in [-0.3, -0.25) is 4.79 Å². The SMILES string of the molecule is O=C(COc1ccc(Cl)cc1Cl)Nc1ccc(Oc2ccc(-n3cccn3)nn2)cc1. The van der Waals surface area contributed by atoms with Gasteiger partial charge < -0.3 is 14.8 Å². The number of rotatable bonds is 7. The fourth-order valence-electron chi connectivity index (χ4n) is 2.55. The molecule has 4 aromatic rings. The van der Waals surface area contributed by atoms with Gasteiger partial charge in [0.1, 0.15) is 11.5 Å². The molecule has 2 aromatic carbocycles. The van der Waals surface area contributed by atoms with E-state index >= 15 is 0 Å². The van der Waals surface area contributed by atoms with Gasteiger partial charge in [-0.15, -0.1) is 10.2 Å². The normalized spacial score (nSPS) is 10.5. The van der Waals surface area contributed by atoms with Gasteiger partial charge in [0.05, 0.1) is 5.02 Å². The van der Waals surface area contributed by atoms with Gasteiger partial charge in [-0.2, -0.15) is 5.10 Å². The molecule has 0 saturated heterocycles. The molecule has 2 heterocycles. The minimum atomic E-state index is -0.334. The molecule has 156 valence electrons. The van der Waals surface area contributed by atoms with Gasteiger partial charge in [-0.05, 0) is 54.6 Å². The molecule has 2 aromatic heterocycles. The van der Waals surface area contributed by atoms with Crippen LogP contribution in [0.4, 0.5) is 5.69 Å². The van der Waals surface area contributed by atoms with Crippen LogP contribution < -0.4 is 14.8 Å². The Morgan fingerprint density at radius 3 is 2.55 bits per heavy atom. The molecule has 0 aliphatic carbocycles. The third-order valence-corrected chi connectivity index (χ3v) is 4.51. The minimum absolute atomic E-state index is 0.197. The zero-order chi connectivity index (χ0) is 21.6. The number of nitrogens with one attached hydrogen (secondary N) is 1. The smallest absolute Gasteiger partial charge is 0.262 e. The van der Waals surface area contributed by atoms with Crippen molar-refractivity contribution in [2.45, 2.75) is 0 Å². The number of amides is 1. The topological polar surface area (TPSA) is 91.2 Å². The maximum Gasteiger partial charge on any atom is 0.262 e. The molecular formula is C21H15Cl2N5O3. The van der Waals surface area contributed by atoms with E-state index in [-0.39, 0.29) is 12.5 Å². The molecule has 31 heavy (non-hydrogen) atoms. The van der Waals surface area contributed by atoms with Crippen LogP contribution in [0.15, 0.2) is 73.1 Å². The fourth-order valence-corrected chi connectivity index (χ4v) is 3.02. The van der Waals surface area contributed by atoms with Crippen LogP contribution in [0.25, 0.3) is 5.82 Å². The molecule has 0 saturated carbocycles. The number of hydrogen-bond donors (Lipinski definition) is 1. The summed E-state index contributed by atoms with van der Waals surface area (Å²) >= 11 is 11.9. The molecule has 0 aliphatic heterocycles. The van der Waals surface area contributed by atoms with Crippen LogP contribution in [-0.2, 0) is 4.79 Å². The molecular weight excluding hydrogens is 441 g/mol. The average Bonchev–Trinajstić information content (AvgIpc) is 3.30. The summed E-state index contributed by atoms with van der Waals surface area (Å²) in [4.78, 5) is 12.1. The van der Waals surface area contributed by atoms with Crippen LogP contribution in [0.3, 0.4) is 0 Å². The van der Waals surface area contributed by atoms with Crippen molar-refractivity contribution in [1.29, 1.82) is 0 Å². The van der Waals surface area contributed by atoms with Gasteiger partial charge in [-0.1, -0.05) is 23.2 Å². The third-order valence-electron chi connectivity index (χ3n) is 3.98. The number of carbonyl (C=O) groups excluding carboxylic acids is 1. The van der Waals surface area contributed by atoms with E-state index < -0.39 is 0 Å². The molecule has 8 nitrogen and oxygen atoms in total. The first-order valence-electron chi connectivity index (χ1n) is 9.06. The minimum Gasteiger partial charge on any atom is -0.482 e. The Balaban J connectivity index is 1.30. The van der Waals surface area contributed by atoms with Crippen LogP contribution in [0, 0.1) is 0 Å². The van der Waals surface area contributed by atoms with E-state index in [1.54, 1.807) is 77.7 Å². The van der Waals surface area contributed by atoms with Crippen LogP contribution in [0.1, 0.15) is 0 Å².